The van der Waals surface area contributed by atoms with Crippen molar-refractivity contribution in [2.75, 3.05) is 20.6 Å². The average molecular weight is 269 g/mol. The number of amides is 1. The predicted octanol–water partition coefficient (Wildman–Crippen LogP) is 3.46. The van der Waals surface area contributed by atoms with Gasteiger partial charge in [-0.2, -0.15) is 0 Å². The molecule has 0 heterocycles. The maximum atomic E-state index is 11.6. The van der Waals surface area contributed by atoms with Crippen molar-refractivity contribution in [3.8, 4) is 0 Å². The SMILES string of the molecule is C=CC(=O)NC(CCCCCCC)[N+](C)(C)CCC. The van der Waals surface area contributed by atoms with Gasteiger partial charge in [-0.3, -0.25) is 4.79 Å². The molecule has 0 radical (unpaired) electrons. The van der Waals surface area contributed by atoms with Crippen LogP contribution in [0.15, 0.2) is 12.7 Å². The first kappa shape index (κ1) is 18.2. The molecule has 3 heteroatoms. The Balaban J connectivity index is 4.33. The fourth-order valence-corrected chi connectivity index (χ4v) is 2.49. The van der Waals surface area contributed by atoms with Crippen LogP contribution in [0.5, 0.6) is 0 Å². The maximum absolute atomic E-state index is 11.6. The smallest absolute Gasteiger partial charge is 0.247 e. The lowest BCUT2D eigenvalue weighted by atomic mass is 10.1. The third-order valence-electron chi connectivity index (χ3n) is 3.72. The Morgan fingerprint density at radius 1 is 1.16 bits per heavy atom. The van der Waals surface area contributed by atoms with Crippen LogP contribution in [0, 0.1) is 0 Å². The van der Waals surface area contributed by atoms with E-state index in [0.717, 1.165) is 23.9 Å². The highest BCUT2D eigenvalue weighted by Gasteiger charge is 2.27. The molecule has 0 rings (SSSR count). The summed E-state index contributed by atoms with van der Waals surface area (Å²) in [5, 5.41) is 3.10. The normalized spacial score (nSPS) is 13.1. The molecule has 0 aromatic carbocycles. The van der Waals surface area contributed by atoms with Crippen molar-refractivity contribution in [3.63, 3.8) is 0 Å². The topological polar surface area (TPSA) is 29.1 Å². The zero-order chi connectivity index (χ0) is 14.7. The van der Waals surface area contributed by atoms with E-state index in [-0.39, 0.29) is 12.1 Å². The highest BCUT2D eigenvalue weighted by molar-refractivity contribution is 5.86. The van der Waals surface area contributed by atoms with Gasteiger partial charge in [0.05, 0.1) is 20.6 Å². The monoisotopic (exact) mass is 269 g/mol. The second-order valence-electron chi connectivity index (χ2n) is 5.93. The summed E-state index contributed by atoms with van der Waals surface area (Å²) in [6, 6.07) is 0. The molecule has 0 aliphatic heterocycles. The Morgan fingerprint density at radius 3 is 2.32 bits per heavy atom. The molecule has 1 unspecified atom stereocenters. The number of hydrogen-bond donors (Lipinski definition) is 1. The minimum Gasteiger partial charge on any atom is -0.309 e. The molecular weight excluding hydrogens is 236 g/mol. The molecule has 0 spiro atoms. The van der Waals surface area contributed by atoms with Gasteiger partial charge >= 0.3 is 0 Å². The third kappa shape index (κ3) is 8.04. The Kier molecular flexibility index (Phi) is 9.58. The number of hydrogen-bond acceptors (Lipinski definition) is 1. The van der Waals surface area contributed by atoms with E-state index in [9.17, 15) is 4.79 Å². The molecular formula is C16H33N2O+. The molecule has 1 N–H and O–H groups in total. The third-order valence-corrected chi connectivity index (χ3v) is 3.72. The summed E-state index contributed by atoms with van der Waals surface area (Å²) in [6.45, 7) is 9.04. The van der Waals surface area contributed by atoms with Gasteiger partial charge in [0.2, 0.25) is 5.91 Å². The fourth-order valence-electron chi connectivity index (χ4n) is 2.49. The average Bonchev–Trinajstić information content (AvgIpc) is 2.36. The van der Waals surface area contributed by atoms with E-state index in [1.165, 1.54) is 38.2 Å². The van der Waals surface area contributed by atoms with Crippen LogP contribution in [0.25, 0.3) is 0 Å². The maximum Gasteiger partial charge on any atom is 0.247 e. The van der Waals surface area contributed by atoms with Crippen LogP contribution in [0.2, 0.25) is 0 Å². The molecule has 0 saturated carbocycles. The first-order chi connectivity index (χ1) is 8.97. The number of quaternary nitrogens is 1. The van der Waals surface area contributed by atoms with Crippen LogP contribution < -0.4 is 5.32 Å². The number of nitrogens with zero attached hydrogens (tertiary/aromatic N) is 1. The first-order valence-electron chi connectivity index (χ1n) is 7.73. The van der Waals surface area contributed by atoms with Gasteiger partial charge in [0.25, 0.3) is 0 Å². The van der Waals surface area contributed by atoms with Crippen molar-refractivity contribution >= 4 is 5.91 Å². The minimum absolute atomic E-state index is 0.0548. The molecule has 0 aromatic rings. The quantitative estimate of drug-likeness (QED) is 0.265. The lowest BCUT2D eigenvalue weighted by molar-refractivity contribution is -0.917. The molecule has 1 amide bonds. The predicted molar refractivity (Wildman–Crippen MR) is 82.8 cm³/mol. The standard InChI is InChI=1S/C16H32N2O/c1-6-9-10-11-12-13-15(17-16(19)8-3)18(4,5)14-7-2/h8,15H,3,6-7,9-14H2,1-2,4-5H3/p+1. The van der Waals surface area contributed by atoms with Crippen LogP contribution in [-0.4, -0.2) is 37.2 Å². The van der Waals surface area contributed by atoms with E-state index < -0.39 is 0 Å². The molecule has 112 valence electrons. The zero-order valence-corrected chi connectivity index (χ0v) is 13.4. The molecule has 0 aliphatic rings. The van der Waals surface area contributed by atoms with Crippen LogP contribution in [0.1, 0.15) is 58.8 Å². The second kappa shape index (κ2) is 10.0. The minimum atomic E-state index is -0.0548. The van der Waals surface area contributed by atoms with Gasteiger partial charge in [-0.25, -0.2) is 0 Å². The molecule has 0 saturated heterocycles. The van der Waals surface area contributed by atoms with Gasteiger partial charge in [-0.15, -0.1) is 0 Å². The summed E-state index contributed by atoms with van der Waals surface area (Å²) >= 11 is 0. The zero-order valence-electron chi connectivity index (χ0n) is 13.4. The summed E-state index contributed by atoms with van der Waals surface area (Å²) in [4.78, 5) is 11.6. The van der Waals surface area contributed by atoms with Gasteiger partial charge in [-0.05, 0) is 18.9 Å². The largest absolute Gasteiger partial charge is 0.309 e. The molecule has 1 atom stereocenters. The van der Waals surface area contributed by atoms with E-state index in [0.29, 0.717) is 0 Å². The van der Waals surface area contributed by atoms with E-state index in [1.54, 1.807) is 0 Å². The summed E-state index contributed by atoms with van der Waals surface area (Å²) in [5.41, 5.74) is 0. The van der Waals surface area contributed by atoms with E-state index >= 15 is 0 Å². The van der Waals surface area contributed by atoms with Gasteiger partial charge in [0, 0.05) is 6.42 Å². The summed E-state index contributed by atoms with van der Waals surface area (Å²) < 4.78 is 0.851. The number of carbonyl (C=O) groups is 1. The molecule has 0 aliphatic carbocycles. The van der Waals surface area contributed by atoms with Gasteiger partial charge in [0.15, 0.2) is 6.17 Å². The highest BCUT2D eigenvalue weighted by atomic mass is 16.1. The van der Waals surface area contributed by atoms with E-state index in [4.69, 9.17) is 0 Å². The fraction of sp³-hybridized carbons (Fsp3) is 0.812. The molecule has 0 bridgehead atoms. The lowest BCUT2D eigenvalue weighted by Gasteiger charge is -2.38. The Morgan fingerprint density at radius 2 is 1.79 bits per heavy atom. The lowest BCUT2D eigenvalue weighted by Crippen LogP contribution is -2.57. The molecule has 3 nitrogen and oxygen atoms in total. The second-order valence-corrected chi connectivity index (χ2v) is 5.93. The highest BCUT2D eigenvalue weighted by Crippen LogP contribution is 2.14. The molecule has 0 aromatic heterocycles. The van der Waals surface area contributed by atoms with Crippen molar-refractivity contribution in [2.45, 2.75) is 65.0 Å². The first-order valence-corrected chi connectivity index (χ1v) is 7.73. The Hall–Kier alpha value is -0.830. The number of nitrogens with one attached hydrogen (secondary N) is 1. The van der Waals surface area contributed by atoms with Crippen molar-refractivity contribution in [2.24, 2.45) is 0 Å². The van der Waals surface area contributed by atoms with Crippen molar-refractivity contribution < 1.29 is 9.28 Å². The number of rotatable bonds is 11. The summed E-state index contributed by atoms with van der Waals surface area (Å²) in [5.74, 6) is -0.0548. The van der Waals surface area contributed by atoms with Crippen LogP contribution in [0.4, 0.5) is 0 Å². The number of unbranched alkanes of at least 4 members (excludes halogenated alkanes) is 4. The molecule has 0 fully saturated rings. The Labute approximate surface area is 119 Å². The summed E-state index contributed by atoms with van der Waals surface area (Å²) in [6.07, 6.45) is 10.1. The number of carbonyl (C=O) groups excluding carboxylic acids is 1. The summed E-state index contributed by atoms with van der Waals surface area (Å²) in [7, 11) is 4.40. The van der Waals surface area contributed by atoms with E-state index in [2.05, 4.69) is 39.8 Å². The van der Waals surface area contributed by atoms with Crippen LogP contribution in [0.3, 0.4) is 0 Å². The van der Waals surface area contributed by atoms with Crippen LogP contribution >= 0.6 is 0 Å². The Bertz CT molecular complexity index is 261. The van der Waals surface area contributed by atoms with Crippen LogP contribution in [-0.2, 0) is 4.79 Å². The van der Waals surface area contributed by atoms with Gasteiger partial charge < -0.3 is 9.80 Å². The molecule has 19 heavy (non-hydrogen) atoms. The van der Waals surface area contributed by atoms with Crippen molar-refractivity contribution in [1.29, 1.82) is 0 Å². The van der Waals surface area contributed by atoms with Gasteiger partial charge in [-0.1, -0.05) is 46.1 Å². The van der Waals surface area contributed by atoms with E-state index in [1.807, 2.05) is 0 Å². The van der Waals surface area contributed by atoms with Gasteiger partial charge in [0.1, 0.15) is 0 Å². The van der Waals surface area contributed by atoms with Crippen molar-refractivity contribution in [3.05, 3.63) is 12.7 Å². The van der Waals surface area contributed by atoms with Crippen molar-refractivity contribution in [1.82, 2.24) is 5.32 Å².